The van der Waals surface area contributed by atoms with Crippen molar-refractivity contribution >= 4 is 17.6 Å². The molecular weight excluding hydrogens is 346 g/mol. The summed E-state index contributed by atoms with van der Waals surface area (Å²) >= 11 is 0. The van der Waals surface area contributed by atoms with E-state index in [2.05, 4.69) is 15.5 Å². The van der Waals surface area contributed by atoms with Crippen LogP contribution in [0.2, 0.25) is 0 Å². The lowest BCUT2D eigenvalue weighted by Gasteiger charge is -2.14. The van der Waals surface area contributed by atoms with Crippen LogP contribution in [0.25, 0.3) is 0 Å². The van der Waals surface area contributed by atoms with Crippen LogP contribution in [-0.2, 0) is 9.53 Å². The molecule has 2 aromatic carbocycles. The van der Waals surface area contributed by atoms with Gasteiger partial charge in [-0.2, -0.15) is 0 Å². The first kappa shape index (κ1) is 18.3. The van der Waals surface area contributed by atoms with Crippen molar-refractivity contribution in [3.63, 3.8) is 0 Å². The summed E-state index contributed by atoms with van der Waals surface area (Å²) in [6, 6.07) is 16.1. The average Bonchev–Trinajstić information content (AvgIpc) is 3.12. The molecule has 1 atom stereocenters. The zero-order valence-corrected chi connectivity index (χ0v) is 15.0. The molecule has 3 aromatic rings. The van der Waals surface area contributed by atoms with Gasteiger partial charge in [0.2, 0.25) is 17.7 Å². The van der Waals surface area contributed by atoms with Crippen LogP contribution >= 0.6 is 0 Å². The van der Waals surface area contributed by atoms with E-state index in [4.69, 9.17) is 9.15 Å². The van der Waals surface area contributed by atoms with Gasteiger partial charge in [0.1, 0.15) is 0 Å². The van der Waals surface area contributed by atoms with Crippen LogP contribution in [0, 0.1) is 6.92 Å². The maximum Gasteiger partial charge on any atom is 0.337 e. The molecule has 0 saturated heterocycles. The Labute approximate surface area is 156 Å². The minimum Gasteiger partial charge on any atom is -0.465 e. The van der Waals surface area contributed by atoms with Crippen LogP contribution in [0.3, 0.4) is 0 Å². The van der Waals surface area contributed by atoms with E-state index >= 15 is 0 Å². The number of amides is 1. The van der Waals surface area contributed by atoms with E-state index in [0.29, 0.717) is 23.0 Å². The van der Waals surface area contributed by atoms with E-state index in [-0.39, 0.29) is 18.2 Å². The number of benzene rings is 2. The maximum absolute atomic E-state index is 12.6. The Bertz CT molecular complexity index is 937. The Balaban J connectivity index is 1.78. The number of anilines is 1. The van der Waals surface area contributed by atoms with Crippen LogP contribution in [0.5, 0.6) is 0 Å². The molecular formula is C20H19N3O4. The summed E-state index contributed by atoms with van der Waals surface area (Å²) in [5, 5.41) is 10.7. The van der Waals surface area contributed by atoms with Crippen molar-refractivity contribution in [3.05, 3.63) is 77.5 Å². The van der Waals surface area contributed by atoms with Crippen LogP contribution in [0.4, 0.5) is 5.69 Å². The molecule has 1 amide bonds. The normalized spacial score (nSPS) is 11.6. The van der Waals surface area contributed by atoms with Gasteiger partial charge in [0.05, 0.1) is 18.6 Å². The predicted molar refractivity (Wildman–Crippen MR) is 98.3 cm³/mol. The Hall–Kier alpha value is -3.48. The van der Waals surface area contributed by atoms with Gasteiger partial charge in [0.15, 0.2) is 0 Å². The number of nitrogens with zero attached hydrogens (tertiary/aromatic N) is 2. The quantitative estimate of drug-likeness (QED) is 0.674. The van der Waals surface area contributed by atoms with E-state index in [1.807, 2.05) is 30.3 Å². The summed E-state index contributed by atoms with van der Waals surface area (Å²) < 4.78 is 10.3. The van der Waals surface area contributed by atoms with E-state index < -0.39 is 5.97 Å². The second kappa shape index (κ2) is 8.27. The highest BCUT2D eigenvalue weighted by Crippen LogP contribution is 2.27. The molecule has 1 heterocycles. The first-order chi connectivity index (χ1) is 13.1. The number of hydrogen-bond donors (Lipinski definition) is 1. The molecule has 3 rings (SSSR count). The van der Waals surface area contributed by atoms with Crippen molar-refractivity contribution in [2.75, 3.05) is 12.4 Å². The highest BCUT2D eigenvalue weighted by atomic mass is 16.5. The van der Waals surface area contributed by atoms with Crippen molar-refractivity contribution in [3.8, 4) is 0 Å². The standard InChI is InChI=1S/C20H19N3O4/c1-13-22-23-19(27-13)17(14-7-4-3-5-8-14)12-18(24)21-16-10-6-9-15(11-16)20(25)26-2/h3-11,17H,12H2,1-2H3,(H,21,24). The number of methoxy groups -OCH3 is 1. The molecule has 1 aromatic heterocycles. The zero-order valence-electron chi connectivity index (χ0n) is 15.0. The molecule has 0 aliphatic heterocycles. The molecule has 1 N–H and O–H groups in total. The smallest absolute Gasteiger partial charge is 0.337 e. The molecule has 0 spiro atoms. The lowest BCUT2D eigenvalue weighted by molar-refractivity contribution is -0.116. The fourth-order valence-electron chi connectivity index (χ4n) is 2.72. The van der Waals surface area contributed by atoms with Crippen molar-refractivity contribution in [1.29, 1.82) is 0 Å². The summed E-state index contributed by atoms with van der Waals surface area (Å²) in [4.78, 5) is 24.2. The molecule has 1 unspecified atom stereocenters. The Morgan fingerprint density at radius 2 is 1.89 bits per heavy atom. The van der Waals surface area contributed by atoms with Gasteiger partial charge < -0.3 is 14.5 Å². The minimum atomic E-state index is -0.463. The summed E-state index contributed by atoms with van der Waals surface area (Å²) in [6.45, 7) is 1.71. The molecule has 0 aliphatic rings. The van der Waals surface area contributed by atoms with E-state index in [1.54, 1.807) is 31.2 Å². The SMILES string of the molecule is COC(=O)c1cccc(NC(=O)CC(c2ccccc2)c2nnc(C)o2)c1. The third kappa shape index (κ3) is 4.58. The number of carbonyl (C=O) groups is 2. The van der Waals surface area contributed by atoms with E-state index in [1.165, 1.54) is 7.11 Å². The van der Waals surface area contributed by atoms with Crippen molar-refractivity contribution in [2.45, 2.75) is 19.3 Å². The molecule has 0 bridgehead atoms. The van der Waals surface area contributed by atoms with Crippen molar-refractivity contribution in [1.82, 2.24) is 10.2 Å². The molecule has 138 valence electrons. The summed E-state index contributed by atoms with van der Waals surface area (Å²) in [6.07, 6.45) is 0.119. The van der Waals surface area contributed by atoms with Gasteiger partial charge in [-0.3, -0.25) is 4.79 Å². The highest BCUT2D eigenvalue weighted by molar-refractivity contribution is 5.94. The summed E-state index contributed by atoms with van der Waals surface area (Å²) in [7, 11) is 1.31. The third-order valence-corrected chi connectivity index (χ3v) is 4.00. The van der Waals surface area contributed by atoms with E-state index in [9.17, 15) is 9.59 Å². The zero-order chi connectivity index (χ0) is 19.2. The fourth-order valence-corrected chi connectivity index (χ4v) is 2.72. The van der Waals surface area contributed by atoms with Gasteiger partial charge in [-0.15, -0.1) is 10.2 Å². The summed E-state index contributed by atoms with van der Waals surface area (Å²) in [5.41, 5.74) is 1.78. The van der Waals surface area contributed by atoms with Crippen LogP contribution in [0.1, 0.15) is 40.0 Å². The summed E-state index contributed by atoms with van der Waals surface area (Å²) in [5.74, 6) is -0.234. The minimum absolute atomic E-state index is 0.119. The topological polar surface area (TPSA) is 94.3 Å². The van der Waals surface area contributed by atoms with Gasteiger partial charge in [0.25, 0.3) is 0 Å². The largest absolute Gasteiger partial charge is 0.465 e. The third-order valence-electron chi connectivity index (χ3n) is 4.00. The molecule has 0 fully saturated rings. The van der Waals surface area contributed by atoms with Gasteiger partial charge in [-0.05, 0) is 23.8 Å². The van der Waals surface area contributed by atoms with Gasteiger partial charge in [-0.25, -0.2) is 4.79 Å². The number of carbonyl (C=O) groups excluding carboxylic acids is 2. The average molecular weight is 365 g/mol. The molecule has 0 aliphatic carbocycles. The fraction of sp³-hybridized carbons (Fsp3) is 0.200. The maximum atomic E-state index is 12.6. The van der Waals surface area contributed by atoms with Crippen LogP contribution in [0.15, 0.2) is 59.0 Å². The number of hydrogen-bond acceptors (Lipinski definition) is 6. The van der Waals surface area contributed by atoms with Crippen molar-refractivity contribution < 1.29 is 18.7 Å². The number of aromatic nitrogens is 2. The Morgan fingerprint density at radius 3 is 2.56 bits per heavy atom. The number of esters is 1. The predicted octanol–water partition coefficient (Wildman–Crippen LogP) is 3.33. The number of aryl methyl sites for hydroxylation is 1. The van der Waals surface area contributed by atoms with Crippen LogP contribution < -0.4 is 5.32 Å². The second-order valence-corrected chi connectivity index (χ2v) is 5.95. The molecule has 0 saturated carbocycles. The number of rotatable bonds is 6. The monoisotopic (exact) mass is 365 g/mol. The van der Waals surface area contributed by atoms with Crippen LogP contribution in [-0.4, -0.2) is 29.2 Å². The number of ether oxygens (including phenoxy) is 1. The van der Waals surface area contributed by atoms with Gasteiger partial charge >= 0.3 is 5.97 Å². The second-order valence-electron chi connectivity index (χ2n) is 5.95. The van der Waals surface area contributed by atoms with E-state index in [0.717, 1.165) is 5.56 Å². The molecule has 7 nitrogen and oxygen atoms in total. The highest BCUT2D eigenvalue weighted by Gasteiger charge is 2.23. The first-order valence-corrected chi connectivity index (χ1v) is 8.40. The lowest BCUT2D eigenvalue weighted by Crippen LogP contribution is -2.17. The Morgan fingerprint density at radius 1 is 1.11 bits per heavy atom. The van der Waals surface area contributed by atoms with Gasteiger partial charge in [0, 0.05) is 19.0 Å². The van der Waals surface area contributed by atoms with Crippen molar-refractivity contribution in [2.24, 2.45) is 0 Å². The van der Waals surface area contributed by atoms with Gasteiger partial charge in [-0.1, -0.05) is 36.4 Å². The molecule has 7 heteroatoms. The Kier molecular flexibility index (Phi) is 5.61. The number of nitrogens with one attached hydrogen (secondary N) is 1. The molecule has 27 heavy (non-hydrogen) atoms. The molecule has 0 radical (unpaired) electrons. The first-order valence-electron chi connectivity index (χ1n) is 8.40. The lowest BCUT2D eigenvalue weighted by atomic mass is 9.95.